The van der Waals surface area contributed by atoms with E-state index in [1.165, 1.54) is 0 Å². The Morgan fingerprint density at radius 3 is 2.43 bits per heavy atom. The van der Waals surface area contributed by atoms with Crippen LogP contribution in [0.1, 0.15) is 40.2 Å². The van der Waals surface area contributed by atoms with E-state index in [1.807, 2.05) is 73.3 Å². The molecule has 2 aromatic heterocycles. The number of carbonyl (C=O) groups excluding carboxylic acids is 2. The molecule has 2 heterocycles. The summed E-state index contributed by atoms with van der Waals surface area (Å²) in [6.07, 6.45) is 5.46. The molecule has 0 bridgehead atoms. The Kier molecular flexibility index (Phi) is 5.74. The molecule has 0 saturated heterocycles. The van der Waals surface area contributed by atoms with Gasteiger partial charge in [0.05, 0.1) is 19.4 Å². The third-order valence-electron chi connectivity index (χ3n) is 5.54. The summed E-state index contributed by atoms with van der Waals surface area (Å²) in [6.45, 7) is 2.89. The van der Waals surface area contributed by atoms with Crippen molar-refractivity contribution in [2.75, 3.05) is 6.54 Å². The highest BCUT2D eigenvalue weighted by molar-refractivity contribution is 5.97. The van der Waals surface area contributed by atoms with Crippen molar-refractivity contribution in [3.05, 3.63) is 83.6 Å². The van der Waals surface area contributed by atoms with Crippen molar-refractivity contribution in [2.24, 2.45) is 7.05 Å². The monoisotopic (exact) mass is 405 g/mol. The molecule has 0 atom stereocenters. The van der Waals surface area contributed by atoms with Gasteiger partial charge in [-0.25, -0.2) is 0 Å². The Morgan fingerprint density at radius 1 is 1.07 bits per heavy atom. The van der Waals surface area contributed by atoms with Crippen molar-refractivity contribution in [3.63, 3.8) is 0 Å². The van der Waals surface area contributed by atoms with Crippen molar-refractivity contribution < 1.29 is 14.0 Å². The maximum atomic E-state index is 13.3. The maximum Gasteiger partial charge on any atom is 0.254 e. The van der Waals surface area contributed by atoms with Crippen molar-refractivity contribution in [1.82, 2.24) is 14.4 Å². The highest BCUT2D eigenvalue weighted by Crippen LogP contribution is 2.28. The molecule has 6 nitrogen and oxygen atoms in total. The van der Waals surface area contributed by atoms with E-state index in [4.69, 9.17) is 4.42 Å². The molecule has 1 aliphatic carbocycles. The molecule has 1 aromatic carbocycles. The van der Waals surface area contributed by atoms with Crippen LogP contribution in [0, 0.1) is 6.92 Å². The fraction of sp³-hybridized carbons (Fsp3) is 0.333. The number of carbonyl (C=O) groups is 2. The lowest BCUT2D eigenvalue weighted by molar-refractivity contribution is -0.133. The molecule has 3 aromatic rings. The van der Waals surface area contributed by atoms with E-state index in [9.17, 15) is 9.59 Å². The van der Waals surface area contributed by atoms with Crippen LogP contribution in [-0.4, -0.2) is 38.8 Å². The predicted octanol–water partition coefficient (Wildman–Crippen LogP) is 3.76. The minimum Gasteiger partial charge on any atom is -0.467 e. The summed E-state index contributed by atoms with van der Waals surface area (Å²) in [5, 5.41) is 0. The number of amides is 2. The predicted molar refractivity (Wildman–Crippen MR) is 114 cm³/mol. The molecule has 1 fully saturated rings. The third-order valence-corrected chi connectivity index (χ3v) is 5.54. The van der Waals surface area contributed by atoms with E-state index in [1.54, 1.807) is 16.1 Å². The first-order valence-electron chi connectivity index (χ1n) is 10.3. The van der Waals surface area contributed by atoms with E-state index in [-0.39, 0.29) is 24.4 Å². The van der Waals surface area contributed by atoms with E-state index < -0.39 is 0 Å². The Morgan fingerprint density at radius 2 is 1.83 bits per heavy atom. The molecule has 0 unspecified atom stereocenters. The lowest BCUT2D eigenvalue weighted by atomic mass is 10.1. The molecule has 30 heavy (non-hydrogen) atoms. The highest BCUT2D eigenvalue weighted by atomic mass is 16.3. The lowest BCUT2D eigenvalue weighted by Crippen LogP contribution is -2.43. The molecule has 1 saturated carbocycles. The highest BCUT2D eigenvalue weighted by Gasteiger charge is 2.35. The normalized spacial score (nSPS) is 13.3. The van der Waals surface area contributed by atoms with E-state index >= 15 is 0 Å². The van der Waals surface area contributed by atoms with Crippen LogP contribution < -0.4 is 0 Å². The summed E-state index contributed by atoms with van der Waals surface area (Å²) in [5.41, 5.74) is 2.76. The first kappa shape index (κ1) is 20.0. The zero-order chi connectivity index (χ0) is 21.1. The zero-order valence-electron chi connectivity index (χ0n) is 17.5. The average Bonchev–Trinajstić information content (AvgIpc) is 3.30. The number of aromatic nitrogens is 1. The number of aryl methyl sites for hydroxylation is 2. The molecular weight excluding hydrogens is 378 g/mol. The smallest absolute Gasteiger partial charge is 0.254 e. The van der Waals surface area contributed by atoms with Crippen LogP contribution in [0.2, 0.25) is 0 Å². The molecule has 0 spiro atoms. The zero-order valence-corrected chi connectivity index (χ0v) is 17.5. The van der Waals surface area contributed by atoms with E-state index in [2.05, 4.69) is 0 Å². The number of rotatable bonds is 8. The molecule has 156 valence electrons. The fourth-order valence-corrected chi connectivity index (χ4v) is 3.54. The SMILES string of the molecule is Cc1ccc(C(=O)N(CC(=O)N(Cc2ccco2)Cc2cccn2C)C2CC2)cc1. The van der Waals surface area contributed by atoms with Gasteiger partial charge in [0.25, 0.3) is 5.91 Å². The Hall–Kier alpha value is -3.28. The van der Waals surface area contributed by atoms with Gasteiger partial charge in [0.15, 0.2) is 0 Å². The van der Waals surface area contributed by atoms with Crippen LogP contribution in [0.4, 0.5) is 0 Å². The molecule has 0 aliphatic heterocycles. The van der Waals surface area contributed by atoms with Gasteiger partial charge >= 0.3 is 0 Å². The number of benzene rings is 1. The Labute approximate surface area is 176 Å². The maximum absolute atomic E-state index is 13.3. The van der Waals surface area contributed by atoms with Crippen LogP contribution in [0.5, 0.6) is 0 Å². The van der Waals surface area contributed by atoms with Gasteiger partial charge in [-0.3, -0.25) is 9.59 Å². The largest absolute Gasteiger partial charge is 0.467 e. The molecule has 0 radical (unpaired) electrons. The van der Waals surface area contributed by atoms with Crippen LogP contribution in [0.3, 0.4) is 0 Å². The Balaban J connectivity index is 1.52. The minimum atomic E-state index is -0.0834. The first-order chi connectivity index (χ1) is 14.5. The summed E-state index contributed by atoms with van der Waals surface area (Å²) in [6, 6.07) is 15.3. The number of furan rings is 1. The van der Waals surface area contributed by atoms with Gasteiger partial charge in [-0.1, -0.05) is 17.7 Å². The minimum absolute atomic E-state index is 0.0719. The van der Waals surface area contributed by atoms with E-state index in [0.717, 1.165) is 29.9 Å². The van der Waals surface area contributed by atoms with Crippen LogP contribution in [0.25, 0.3) is 0 Å². The molecule has 1 aliphatic rings. The lowest BCUT2D eigenvalue weighted by Gasteiger charge is -2.27. The molecular formula is C24H27N3O3. The van der Waals surface area contributed by atoms with Gasteiger partial charge in [-0.05, 0) is 56.2 Å². The van der Waals surface area contributed by atoms with Crippen molar-refractivity contribution in [3.8, 4) is 0 Å². The van der Waals surface area contributed by atoms with Gasteiger partial charge < -0.3 is 18.8 Å². The number of hydrogen-bond donors (Lipinski definition) is 0. The van der Waals surface area contributed by atoms with Crippen molar-refractivity contribution in [2.45, 2.75) is 38.9 Å². The first-order valence-corrected chi connectivity index (χ1v) is 10.3. The van der Waals surface area contributed by atoms with Crippen LogP contribution in [-0.2, 0) is 24.9 Å². The summed E-state index contributed by atoms with van der Waals surface area (Å²) in [7, 11) is 1.96. The van der Waals surface area contributed by atoms with Crippen molar-refractivity contribution in [1.29, 1.82) is 0 Å². The van der Waals surface area contributed by atoms with Crippen LogP contribution >= 0.6 is 0 Å². The second-order valence-corrected chi connectivity index (χ2v) is 7.97. The van der Waals surface area contributed by atoms with Gasteiger partial charge in [-0.15, -0.1) is 0 Å². The second kappa shape index (κ2) is 8.61. The van der Waals surface area contributed by atoms with Gasteiger partial charge in [0.1, 0.15) is 12.3 Å². The molecule has 4 rings (SSSR count). The topological polar surface area (TPSA) is 58.7 Å². The summed E-state index contributed by atoms with van der Waals surface area (Å²) in [5.74, 6) is 0.558. The van der Waals surface area contributed by atoms with Gasteiger partial charge in [0, 0.05) is 30.5 Å². The molecule has 0 N–H and O–H groups in total. The molecule has 2 amide bonds. The summed E-state index contributed by atoms with van der Waals surface area (Å²) >= 11 is 0. The van der Waals surface area contributed by atoms with Gasteiger partial charge in [0.2, 0.25) is 5.91 Å². The Bertz CT molecular complexity index is 1000. The average molecular weight is 405 g/mol. The number of nitrogens with zero attached hydrogens (tertiary/aromatic N) is 3. The van der Waals surface area contributed by atoms with Crippen LogP contribution in [0.15, 0.2) is 65.4 Å². The standard InChI is InChI=1S/C24H27N3O3/c1-18-7-9-19(10-8-18)24(29)27(20-11-12-20)17-23(28)26(16-22-6-4-14-30-22)15-21-5-3-13-25(21)2/h3-10,13-14,20H,11-12,15-17H2,1-2H3. The van der Waals surface area contributed by atoms with Gasteiger partial charge in [-0.2, -0.15) is 0 Å². The van der Waals surface area contributed by atoms with Crippen molar-refractivity contribution >= 4 is 11.8 Å². The quantitative estimate of drug-likeness (QED) is 0.573. The summed E-state index contributed by atoms with van der Waals surface area (Å²) in [4.78, 5) is 29.9. The fourth-order valence-electron chi connectivity index (χ4n) is 3.54. The second-order valence-electron chi connectivity index (χ2n) is 7.97. The van der Waals surface area contributed by atoms with E-state index in [0.29, 0.717) is 18.7 Å². The number of hydrogen-bond acceptors (Lipinski definition) is 3. The molecule has 6 heteroatoms. The third kappa shape index (κ3) is 4.64. The summed E-state index contributed by atoms with van der Waals surface area (Å²) < 4.78 is 7.47.